The smallest absolute Gasteiger partial charge is 0.241 e. The molecule has 1 aliphatic rings. The number of carbonyl (C=O) groups excluding carboxylic acids is 1. The summed E-state index contributed by atoms with van der Waals surface area (Å²) in [7, 11) is 3.23. The van der Waals surface area contributed by atoms with E-state index in [0.29, 0.717) is 24.1 Å². The van der Waals surface area contributed by atoms with Crippen LogP contribution < -0.4 is 20.1 Å². The summed E-state index contributed by atoms with van der Waals surface area (Å²) in [5.41, 5.74) is 1.99. The fourth-order valence-corrected chi connectivity index (χ4v) is 2.73. The van der Waals surface area contributed by atoms with Gasteiger partial charge in [-0.2, -0.15) is 0 Å². The third-order valence-electron chi connectivity index (χ3n) is 4.28. The molecule has 0 bridgehead atoms. The van der Waals surface area contributed by atoms with Gasteiger partial charge >= 0.3 is 0 Å². The van der Waals surface area contributed by atoms with Gasteiger partial charge < -0.3 is 14.8 Å². The number of hydrogen-bond donors (Lipinski definition) is 2. The number of rotatable bonds is 8. The van der Waals surface area contributed by atoms with Gasteiger partial charge in [-0.25, -0.2) is 0 Å². The summed E-state index contributed by atoms with van der Waals surface area (Å²) in [5.74, 6) is 1.40. The molecular formula is C20H24N2O3. The van der Waals surface area contributed by atoms with E-state index in [-0.39, 0.29) is 11.9 Å². The maximum absolute atomic E-state index is 12.6. The highest BCUT2D eigenvalue weighted by Crippen LogP contribution is 2.28. The van der Waals surface area contributed by atoms with Crippen LogP contribution in [0, 0.1) is 0 Å². The Bertz CT molecular complexity index is 714. The van der Waals surface area contributed by atoms with Crippen LogP contribution in [0.1, 0.15) is 30.0 Å². The molecule has 0 unspecified atom stereocenters. The lowest BCUT2D eigenvalue weighted by molar-refractivity contribution is -0.123. The Kier molecular flexibility index (Phi) is 5.56. The van der Waals surface area contributed by atoms with E-state index in [1.54, 1.807) is 14.2 Å². The minimum atomic E-state index is -0.380. The minimum absolute atomic E-state index is 0.0224. The van der Waals surface area contributed by atoms with Gasteiger partial charge in [0, 0.05) is 12.6 Å². The maximum Gasteiger partial charge on any atom is 0.241 e. The predicted molar refractivity (Wildman–Crippen MR) is 96.7 cm³/mol. The van der Waals surface area contributed by atoms with Gasteiger partial charge in [-0.05, 0) is 36.1 Å². The van der Waals surface area contributed by atoms with Crippen molar-refractivity contribution in [2.45, 2.75) is 31.5 Å². The largest absolute Gasteiger partial charge is 0.493 e. The van der Waals surface area contributed by atoms with Crippen LogP contribution in [-0.2, 0) is 11.3 Å². The lowest BCUT2D eigenvalue weighted by atomic mass is 10.1. The van der Waals surface area contributed by atoms with Crippen LogP contribution in [-0.4, -0.2) is 26.2 Å². The van der Waals surface area contributed by atoms with Crippen molar-refractivity contribution in [3.63, 3.8) is 0 Å². The van der Waals surface area contributed by atoms with Gasteiger partial charge in [0.2, 0.25) is 5.91 Å². The van der Waals surface area contributed by atoms with E-state index < -0.39 is 0 Å². The number of amides is 1. The molecule has 0 heterocycles. The number of ether oxygens (including phenoxy) is 2. The summed E-state index contributed by atoms with van der Waals surface area (Å²) in [6.45, 7) is 0.554. The van der Waals surface area contributed by atoms with Crippen molar-refractivity contribution in [3.8, 4) is 11.5 Å². The second-order valence-electron chi connectivity index (χ2n) is 6.20. The van der Waals surface area contributed by atoms with Crippen LogP contribution in [0.5, 0.6) is 11.5 Å². The van der Waals surface area contributed by atoms with Gasteiger partial charge in [0.05, 0.1) is 14.2 Å². The van der Waals surface area contributed by atoms with Gasteiger partial charge in [0.15, 0.2) is 11.5 Å². The first-order valence-corrected chi connectivity index (χ1v) is 8.51. The molecule has 5 nitrogen and oxygen atoms in total. The van der Waals surface area contributed by atoms with Crippen LogP contribution in [0.2, 0.25) is 0 Å². The summed E-state index contributed by atoms with van der Waals surface area (Å²) in [5, 5.41) is 6.45. The van der Waals surface area contributed by atoms with Gasteiger partial charge in [0.25, 0.3) is 0 Å². The quantitative estimate of drug-likeness (QED) is 0.776. The van der Waals surface area contributed by atoms with Crippen LogP contribution in [0.25, 0.3) is 0 Å². The van der Waals surface area contributed by atoms with E-state index in [0.717, 1.165) is 24.0 Å². The average Bonchev–Trinajstić information content (AvgIpc) is 3.46. The van der Waals surface area contributed by atoms with Crippen LogP contribution in [0.15, 0.2) is 48.5 Å². The molecule has 1 atom stereocenters. The first-order valence-electron chi connectivity index (χ1n) is 8.51. The van der Waals surface area contributed by atoms with E-state index >= 15 is 0 Å². The van der Waals surface area contributed by atoms with E-state index in [1.165, 1.54) is 0 Å². The van der Waals surface area contributed by atoms with Gasteiger partial charge in [-0.1, -0.05) is 36.4 Å². The summed E-state index contributed by atoms with van der Waals surface area (Å²) in [6, 6.07) is 15.5. The number of nitrogens with one attached hydrogen (secondary N) is 2. The molecule has 2 aromatic carbocycles. The first-order chi connectivity index (χ1) is 12.2. The first kappa shape index (κ1) is 17.3. The molecule has 1 amide bonds. The molecule has 132 valence electrons. The third kappa shape index (κ3) is 4.51. The SMILES string of the molecule is COc1ccc(CN[C@H](C(=O)NC2CC2)c2ccccc2)cc1OC. The summed E-state index contributed by atoms with van der Waals surface area (Å²) >= 11 is 0. The van der Waals surface area contributed by atoms with Crippen molar-refractivity contribution in [2.24, 2.45) is 0 Å². The molecule has 0 aliphatic heterocycles. The Morgan fingerprint density at radius 2 is 1.80 bits per heavy atom. The number of carbonyl (C=O) groups is 1. The fourth-order valence-electron chi connectivity index (χ4n) is 2.73. The molecule has 1 saturated carbocycles. The molecule has 2 aromatic rings. The standard InChI is InChI=1S/C20H24N2O3/c1-24-17-11-8-14(12-18(17)25-2)13-21-19(15-6-4-3-5-7-15)20(23)22-16-9-10-16/h3-8,11-12,16,19,21H,9-10,13H2,1-2H3,(H,22,23)/t19-/m0/s1. The average molecular weight is 340 g/mol. The zero-order chi connectivity index (χ0) is 17.6. The Morgan fingerprint density at radius 1 is 1.08 bits per heavy atom. The molecular weight excluding hydrogens is 316 g/mol. The van der Waals surface area contributed by atoms with Crippen molar-refractivity contribution in [1.82, 2.24) is 10.6 Å². The number of hydrogen-bond acceptors (Lipinski definition) is 4. The molecule has 25 heavy (non-hydrogen) atoms. The molecule has 3 rings (SSSR count). The summed E-state index contributed by atoms with van der Waals surface area (Å²) in [6.07, 6.45) is 2.14. The summed E-state index contributed by atoms with van der Waals surface area (Å²) < 4.78 is 10.6. The van der Waals surface area contributed by atoms with Crippen LogP contribution in [0.4, 0.5) is 0 Å². The highest BCUT2D eigenvalue weighted by Gasteiger charge is 2.28. The van der Waals surface area contributed by atoms with E-state index in [1.807, 2.05) is 48.5 Å². The molecule has 2 N–H and O–H groups in total. The van der Waals surface area contributed by atoms with Crippen molar-refractivity contribution in [3.05, 3.63) is 59.7 Å². The molecule has 0 spiro atoms. The van der Waals surface area contributed by atoms with Gasteiger partial charge in [-0.15, -0.1) is 0 Å². The van der Waals surface area contributed by atoms with Crippen molar-refractivity contribution in [2.75, 3.05) is 14.2 Å². The highest BCUT2D eigenvalue weighted by atomic mass is 16.5. The number of methoxy groups -OCH3 is 2. The van der Waals surface area contributed by atoms with Gasteiger partial charge in [-0.3, -0.25) is 10.1 Å². The zero-order valence-electron chi connectivity index (χ0n) is 14.6. The van der Waals surface area contributed by atoms with Crippen molar-refractivity contribution in [1.29, 1.82) is 0 Å². The second-order valence-corrected chi connectivity index (χ2v) is 6.20. The second kappa shape index (κ2) is 8.03. The Hall–Kier alpha value is -2.53. The Morgan fingerprint density at radius 3 is 2.44 bits per heavy atom. The van der Waals surface area contributed by atoms with Crippen molar-refractivity contribution < 1.29 is 14.3 Å². The molecule has 0 aromatic heterocycles. The molecule has 5 heteroatoms. The summed E-state index contributed by atoms with van der Waals surface area (Å²) in [4.78, 5) is 12.6. The predicted octanol–water partition coefficient (Wildman–Crippen LogP) is 2.81. The Labute approximate surface area is 148 Å². The van der Waals surface area contributed by atoms with Gasteiger partial charge in [0.1, 0.15) is 6.04 Å². The van der Waals surface area contributed by atoms with Crippen LogP contribution in [0.3, 0.4) is 0 Å². The van der Waals surface area contributed by atoms with E-state index in [9.17, 15) is 4.79 Å². The fraction of sp³-hybridized carbons (Fsp3) is 0.350. The maximum atomic E-state index is 12.6. The lowest BCUT2D eigenvalue weighted by Crippen LogP contribution is -2.38. The van der Waals surface area contributed by atoms with Crippen molar-refractivity contribution >= 4 is 5.91 Å². The normalized spacial score (nSPS) is 14.6. The highest BCUT2D eigenvalue weighted by molar-refractivity contribution is 5.83. The zero-order valence-corrected chi connectivity index (χ0v) is 14.6. The third-order valence-corrected chi connectivity index (χ3v) is 4.28. The molecule has 1 fully saturated rings. The minimum Gasteiger partial charge on any atom is -0.493 e. The van der Waals surface area contributed by atoms with E-state index in [2.05, 4.69) is 10.6 Å². The molecule has 1 aliphatic carbocycles. The lowest BCUT2D eigenvalue weighted by Gasteiger charge is -2.19. The molecule has 0 saturated heterocycles. The monoisotopic (exact) mass is 340 g/mol. The molecule has 0 radical (unpaired) electrons. The Balaban J connectivity index is 1.72. The topological polar surface area (TPSA) is 59.6 Å². The number of benzene rings is 2. The van der Waals surface area contributed by atoms with E-state index in [4.69, 9.17) is 9.47 Å². The van der Waals surface area contributed by atoms with Crippen LogP contribution >= 0.6 is 0 Å².